The minimum absolute atomic E-state index is 0.188. The zero-order chi connectivity index (χ0) is 26.0. The van der Waals surface area contributed by atoms with Crippen LogP contribution in [-0.4, -0.2) is 116 Å². The predicted molar refractivity (Wildman–Crippen MR) is 110 cm³/mol. The summed E-state index contributed by atoms with van der Waals surface area (Å²) in [6.45, 7) is 5.29. The van der Waals surface area contributed by atoms with Crippen molar-refractivity contribution in [1.82, 2.24) is 0 Å². The molecule has 0 bridgehead atoms. The molecule has 0 aromatic rings. The second kappa shape index (κ2) is 11.1. The molecule has 13 nitrogen and oxygen atoms in total. The summed E-state index contributed by atoms with van der Waals surface area (Å²) in [5.41, 5.74) is -1.85. The first-order chi connectivity index (χ1) is 15.6. The molecule has 0 saturated carbocycles. The molecule has 2 rings (SSSR count). The van der Waals surface area contributed by atoms with Gasteiger partial charge >= 0.3 is 5.97 Å². The van der Waals surface area contributed by atoms with Gasteiger partial charge in [-0.25, -0.2) is 0 Å². The number of hydrogen-bond acceptors (Lipinski definition) is 13. The highest BCUT2D eigenvalue weighted by molar-refractivity contribution is 5.76. The normalized spacial score (nSPS) is 39.4. The molecule has 0 amide bonds. The number of carbonyl (C=O) groups excluding carboxylic acids is 1. The van der Waals surface area contributed by atoms with E-state index < -0.39 is 91.4 Å². The van der Waals surface area contributed by atoms with E-state index in [0.717, 1.165) is 0 Å². The summed E-state index contributed by atoms with van der Waals surface area (Å²) in [5.74, 6) is -0.682. The highest BCUT2D eigenvalue weighted by Gasteiger charge is 2.50. The van der Waals surface area contributed by atoms with Gasteiger partial charge in [0.15, 0.2) is 12.6 Å². The van der Waals surface area contributed by atoms with Crippen molar-refractivity contribution in [3.63, 3.8) is 0 Å². The lowest BCUT2D eigenvalue weighted by Crippen LogP contribution is -2.63. The van der Waals surface area contributed by atoms with E-state index in [4.69, 9.17) is 18.9 Å². The van der Waals surface area contributed by atoms with Crippen molar-refractivity contribution in [3.8, 4) is 6.07 Å². The third-order valence-electron chi connectivity index (χ3n) is 5.90. The molecule has 7 N–H and O–H groups in total. The molecule has 0 aliphatic carbocycles. The van der Waals surface area contributed by atoms with E-state index in [0.29, 0.717) is 0 Å². The number of aliphatic hydroxyl groups is 7. The average Bonchev–Trinajstić information content (AvgIpc) is 2.77. The van der Waals surface area contributed by atoms with E-state index in [1.165, 1.54) is 0 Å². The van der Waals surface area contributed by atoms with E-state index in [2.05, 4.69) is 6.07 Å². The molecule has 0 radical (unpaired) electrons. The lowest BCUT2D eigenvalue weighted by atomic mass is 9.76. The minimum Gasteiger partial charge on any atom is -0.462 e. The van der Waals surface area contributed by atoms with Crippen LogP contribution in [-0.2, 0) is 23.7 Å². The number of rotatable bonds is 8. The number of ether oxygens (including phenoxy) is 4. The Balaban J connectivity index is 2.06. The number of aliphatic hydroxyl groups excluding tert-OH is 7. The maximum Gasteiger partial charge on any atom is 0.311 e. The van der Waals surface area contributed by atoms with E-state index in [1.54, 1.807) is 27.7 Å². The predicted octanol–water partition coefficient (Wildman–Crippen LogP) is -2.88. The first kappa shape index (κ1) is 28.8. The molecule has 2 saturated heterocycles. The molecule has 34 heavy (non-hydrogen) atoms. The highest BCUT2D eigenvalue weighted by Crippen LogP contribution is 2.34. The summed E-state index contributed by atoms with van der Waals surface area (Å²) < 4.78 is 21.2. The largest absolute Gasteiger partial charge is 0.462 e. The molecule has 13 heteroatoms. The number of hydrogen-bond donors (Lipinski definition) is 7. The smallest absolute Gasteiger partial charge is 0.311 e. The Bertz CT molecular complexity index is 738. The standard InChI is InChI=1S/C21H35NO12/c1-20(2,8-22)7-21(3,4)19(30)31-6-10-12(25)14(27)16(29)18(33-10)34-17-15(28)13(26)11(24)9(5-23)32-17/h9-18,23-29H,5-7H2,1-4H3/t9-,10-,11-,12-,13+,14+,15-,16-,17-,18-/m1/s1. The van der Waals surface area contributed by atoms with E-state index >= 15 is 0 Å². The van der Waals surface area contributed by atoms with Crippen LogP contribution < -0.4 is 0 Å². The maximum atomic E-state index is 12.6. The summed E-state index contributed by atoms with van der Waals surface area (Å²) in [4.78, 5) is 12.6. The van der Waals surface area contributed by atoms with Gasteiger partial charge in [0, 0.05) is 0 Å². The van der Waals surface area contributed by atoms with Gasteiger partial charge in [0.2, 0.25) is 0 Å². The first-order valence-corrected chi connectivity index (χ1v) is 10.9. The lowest BCUT2D eigenvalue weighted by Gasteiger charge is -2.44. The Hall–Kier alpha value is -1.44. The lowest BCUT2D eigenvalue weighted by molar-refractivity contribution is -0.376. The maximum absolute atomic E-state index is 12.6. The molecule has 0 aromatic carbocycles. The van der Waals surface area contributed by atoms with Gasteiger partial charge in [0.1, 0.15) is 55.4 Å². The van der Waals surface area contributed by atoms with Crippen LogP contribution in [0.25, 0.3) is 0 Å². The summed E-state index contributed by atoms with van der Waals surface area (Å²) in [6.07, 6.45) is -16.3. The van der Waals surface area contributed by atoms with Gasteiger partial charge in [-0.1, -0.05) is 0 Å². The third kappa shape index (κ3) is 6.41. The van der Waals surface area contributed by atoms with Crippen LogP contribution in [0.4, 0.5) is 0 Å². The van der Waals surface area contributed by atoms with Crippen LogP contribution in [0.1, 0.15) is 34.1 Å². The van der Waals surface area contributed by atoms with Gasteiger partial charge in [0.05, 0.1) is 23.5 Å². The van der Waals surface area contributed by atoms with Crippen molar-refractivity contribution in [3.05, 3.63) is 0 Å². The van der Waals surface area contributed by atoms with E-state index in [-0.39, 0.29) is 6.42 Å². The molecule has 2 aliphatic rings. The summed E-state index contributed by atoms with van der Waals surface area (Å²) in [6, 6.07) is 2.11. The molecule has 2 aliphatic heterocycles. The fraction of sp³-hybridized carbons (Fsp3) is 0.905. The number of nitrogens with zero attached hydrogens (tertiary/aromatic N) is 1. The first-order valence-electron chi connectivity index (χ1n) is 10.9. The quantitative estimate of drug-likeness (QED) is 0.169. The minimum atomic E-state index is -1.82. The van der Waals surface area contributed by atoms with Gasteiger partial charge in [0.25, 0.3) is 0 Å². The molecular weight excluding hydrogens is 458 g/mol. The molecule has 10 atom stereocenters. The van der Waals surface area contributed by atoms with Crippen molar-refractivity contribution in [1.29, 1.82) is 5.26 Å². The van der Waals surface area contributed by atoms with Crippen molar-refractivity contribution in [2.75, 3.05) is 13.2 Å². The van der Waals surface area contributed by atoms with Crippen LogP contribution in [0.15, 0.2) is 0 Å². The van der Waals surface area contributed by atoms with Gasteiger partial charge in [-0.2, -0.15) is 5.26 Å². The van der Waals surface area contributed by atoms with Crippen molar-refractivity contribution >= 4 is 5.97 Å². The average molecular weight is 494 g/mol. The van der Waals surface area contributed by atoms with Gasteiger partial charge in [-0.15, -0.1) is 0 Å². The van der Waals surface area contributed by atoms with Crippen LogP contribution in [0.5, 0.6) is 0 Å². The molecule has 0 aromatic heterocycles. The Morgan fingerprint density at radius 1 is 0.853 bits per heavy atom. The van der Waals surface area contributed by atoms with E-state index in [1.807, 2.05) is 0 Å². The van der Waals surface area contributed by atoms with Crippen LogP contribution in [0.3, 0.4) is 0 Å². The van der Waals surface area contributed by atoms with Gasteiger partial charge in [-0.3, -0.25) is 4.79 Å². The van der Waals surface area contributed by atoms with Crippen molar-refractivity contribution in [2.24, 2.45) is 10.8 Å². The van der Waals surface area contributed by atoms with Crippen LogP contribution >= 0.6 is 0 Å². The molecular formula is C21H35NO12. The van der Waals surface area contributed by atoms with E-state index in [9.17, 15) is 45.8 Å². The fourth-order valence-corrected chi connectivity index (χ4v) is 4.05. The topological polar surface area (TPSA) is 219 Å². The Labute approximate surface area is 197 Å². The van der Waals surface area contributed by atoms with Crippen LogP contribution in [0.2, 0.25) is 0 Å². The highest BCUT2D eigenvalue weighted by atomic mass is 16.8. The Morgan fingerprint density at radius 3 is 1.79 bits per heavy atom. The number of esters is 1. The zero-order valence-corrected chi connectivity index (χ0v) is 19.5. The zero-order valence-electron chi connectivity index (χ0n) is 19.5. The number of carbonyl (C=O) groups is 1. The van der Waals surface area contributed by atoms with Crippen molar-refractivity contribution < 1.29 is 59.5 Å². The molecule has 0 unspecified atom stereocenters. The second-order valence-corrected chi connectivity index (χ2v) is 10.0. The third-order valence-corrected chi connectivity index (χ3v) is 5.90. The Morgan fingerprint density at radius 2 is 1.32 bits per heavy atom. The number of nitriles is 1. The molecule has 0 spiro atoms. The molecule has 2 heterocycles. The Kier molecular flexibility index (Phi) is 9.39. The monoisotopic (exact) mass is 493 g/mol. The molecule has 196 valence electrons. The summed E-state index contributed by atoms with van der Waals surface area (Å²) >= 11 is 0. The summed E-state index contributed by atoms with van der Waals surface area (Å²) in [7, 11) is 0. The SMILES string of the molecule is CC(C)(C#N)CC(C)(C)C(=O)OC[C@H]1O[C@H](O[C@H]2O[C@H](CO)[C@@H](O)[C@H](O)[C@H]2O)[C@H](O)[C@@H](O)[C@@H]1O. The van der Waals surface area contributed by atoms with Gasteiger partial charge < -0.3 is 54.7 Å². The van der Waals surface area contributed by atoms with Gasteiger partial charge in [-0.05, 0) is 34.1 Å². The van der Waals surface area contributed by atoms with Crippen molar-refractivity contribution in [2.45, 2.75) is 95.5 Å². The summed E-state index contributed by atoms with van der Waals surface area (Å²) in [5, 5.41) is 79.1. The molecule has 2 fully saturated rings. The van der Waals surface area contributed by atoms with Crippen LogP contribution in [0, 0.1) is 22.2 Å². The second-order valence-electron chi connectivity index (χ2n) is 10.0. The fourth-order valence-electron chi connectivity index (χ4n) is 4.05.